The Labute approximate surface area is 175 Å². The highest BCUT2D eigenvalue weighted by atomic mass is 35.5. The number of morpholine rings is 1. The molecule has 2 aromatic carbocycles. The topological polar surface area (TPSA) is 72.1 Å². The first-order chi connectivity index (χ1) is 13.7. The van der Waals surface area contributed by atoms with Crippen molar-refractivity contribution in [1.29, 1.82) is 0 Å². The number of phenolic OH excluding ortho intramolecular Hbond substituents is 1. The summed E-state index contributed by atoms with van der Waals surface area (Å²) in [5.74, 6) is 0.154. The zero-order chi connectivity index (χ0) is 19.5. The normalized spacial score (nSPS) is 14.5. The molecule has 0 radical (unpaired) electrons. The van der Waals surface area contributed by atoms with Gasteiger partial charge in [0.05, 0.1) is 19.8 Å². The summed E-state index contributed by atoms with van der Waals surface area (Å²) in [5.41, 5.74) is 2.39. The summed E-state index contributed by atoms with van der Waals surface area (Å²) >= 11 is 0. The predicted molar refractivity (Wildman–Crippen MR) is 113 cm³/mol. The van der Waals surface area contributed by atoms with E-state index in [9.17, 15) is 9.90 Å². The van der Waals surface area contributed by atoms with Crippen molar-refractivity contribution in [3.8, 4) is 17.1 Å². The van der Waals surface area contributed by atoms with Crippen LogP contribution in [0.25, 0.3) is 22.3 Å². The number of fused-ring (bicyclic) bond motifs is 1. The van der Waals surface area contributed by atoms with Crippen molar-refractivity contribution in [2.45, 2.75) is 13.5 Å². The summed E-state index contributed by atoms with van der Waals surface area (Å²) in [6.45, 7) is 5.39. The second-order valence-corrected chi connectivity index (χ2v) is 6.72. The van der Waals surface area contributed by atoms with E-state index in [2.05, 4.69) is 4.90 Å². The van der Waals surface area contributed by atoms with Crippen molar-refractivity contribution in [3.63, 3.8) is 0 Å². The van der Waals surface area contributed by atoms with Crippen LogP contribution in [0.1, 0.15) is 22.8 Å². The smallest absolute Gasteiger partial charge is 0.342 e. The van der Waals surface area contributed by atoms with Crippen molar-refractivity contribution in [2.24, 2.45) is 0 Å². The third-order valence-electron chi connectivity index (χ3n) is 4.94. The molecule has 0 unspecified atom stereocenters. The number of furan rings is 1. The minimum absolute atomic E-state index is 0. The van der Waals surface area contributed by atoms with Crippen LogP contribution in [-0.2, 0) is 16.0 Å². The standard InChI is InChI=1S/C22H23NO5.ClH/c1-2-27-22(25)20-19-16(14-23-10-12-26-13-11-23)17(24)8-9-18(19)28-21(20)15-6-4-3-5-7-15;/h3-9,24H,2,10-14H2,1H3;1H. The first-order valence-electron chi connectivity index (χ1n) is 9.49. The van der Waals surface area contributed by atoms with Crippen LogP contribution in [0, 0.1) is 0 Å². The van der Waals surface area contributed by atoms with Gasteiger partial charge in [0, 0.05) is 36.1 Å². The fourth-order valence-corrected chi connectivity index (χ4v) is 3.58. The summed E-state index contributed by atoms with van der Waals surface area (Å²) in [4.78, 5) is 15.1. The molecule has 1 N–H and O–H groups in total. The number of ether oxygens (including phenoxy) is 2. The Balaban J connectivity index is 0.00000240. The zero-order valence-corrected chi connectivity index (χ0v) is 17.0. The van der Waals surface area contributed by atoms with Gasteiger partial charge in [-0.25, -0.2) is 4.79 Å². The monoisotopic (exact) mass is 417 g/mol. The largest absolute Gasteiger partial charge is 0.508 e. The van der Waals surface area contributed by atoms with Crippen LogP contribution < -0.4 is 0 Å². The highest BCUT2D eigenvalue weighted by Gasteiger charge is 2.27. The fraction of sp³-hybridized carbons (Fsp3) is 0.318. The quantitative estimate of drug-likeness (QED) is 0.626. The molecule has 4 rings (SSSR count). The van der Waals surface area contributed by atoms with Crippen molar-refractivity contribution in [1.82, 2.24) is 4.90 Å². The lowest BCUT2D eigenvalue weighted by molar-refractivity contribution is 0.0340. The fourth-order valence-electron chi connectivity index (χ4n) is 3.58. The number of nitrogens with zero attached hydrogens (tertiary/aromatic N) is 1. The molecule has 1 aliphatic rings. The van der Waals surface area contributed by atoms with E-state index in [0.717, 1.165) is 18.7 Å². The second-order valence-electron chi connectivity index (χ2n) is 6.72. The van der Waals surface area contributed by atoms with Crippen LogP contribution in [0.2, 0.25) is 0 Å². The Kier molecular flexibility index (Phi) is 6.79. The molecule has 1 saturated heterocycles. The van der Waals surface area contributed by atoms with Gasteiger partial charge in [-0.15, -0.1) is 12.4 Å². The maximum atomic E-state index is 12.9. The van der Waals surface area contributed by atoms with E-state index < -0.39 is 5.97 Å². The summed E-state index contributed by atoms with van der Waals surface area (Å²) in [6, 6.07) is 12.8. The Bertz CT molecular complexity index is 980. The van der Waals surface area contributed by atoms with Crippen LogP contribution in [0.3, 0.4) is 0 Å². The maximum absolute atomic E-state index is 12.9. The van der Waals surface area contributed by atoms with E-state index in [4.69, 9.17) is 13.9 Å². The van der Waals surface area contributed by atoms with Gasteiger partial charge in [-0.1, -0.05) is 30.3 Å². The molecule has 3 aromatic rings. The Morgan fingerprint density at radius 1 is 1.14 bits per heavy atom. The Morgan fingerprint density at radius 2 is 1.86 bits per heavy atom. The lowest BCUT2D eigenvalue weighted by Gasteiger charge is -2.27. The SMILES string of the molecule is CCOC(=O)c1c(-c2ccccc2)oc2ccc(O)c(CN3CCOCC3)c12.Cl. The van der Waals surface area contributed by atoms with Gasteiger partial charge in [0.1, 0.15) is 22.7 Å². The highest BCUT2D eigenvalue weighted by Crippen LogP contribution is 2.39. The number of hydrogen-bond acceptors (Lipinski definition) is 6. The lowest BCUT2D eigenvalue weighted by Crippen LogP contribution is -2.35. The van der Waals surface area contributed by atoms with Crippen molar-refractivity contribution in [3.05, 3.63) is 53.6 Å². The van der Waals surface area contributed by atoms with Crippen LogP contribution in [0.4, 0.5) is 0 Å². The number of phenols is 1. The molecule has 154 valence electrons. The van der Waals surface area contributed by atoms with Gasteiger partial charge in [0.2, 0.25) is 0 Å². The van der Waals surface area contributed by atoms with Gasteiger partial charge in [-0.05, 0) is 19.1 Å². The molecular weight excluding hydrogens is 394 g/mol. The van der Waals surface area contributed by atoms with E-state index in [1.807, 2.05) is 30.3 Å². The van der Waals surface area contributed by atoms with Crippen molar-refractivity contribution in [2.75, 3.05) is 32.9 Å². The minimum atomic E-state index is -0.450. The zero-order valence-electron chi connectivity index (χ0n) is 16.2. The molecule has 6 nitrogen and oxygen atoms in total. The third-order valence-corrected chi connectivity index (χ3v) is 4.94. The summed E-state index contributed by atoms with van der Waals surface area (Å²) in [5, 5.41) is 11.2. The van der Waals surface area contributed by atoms with E-state index in [-0.39, 0.29) is 24.8 Å². The predicted octanol–water partition coefficient (Wildman–Crippen LogP) is 4.24. The number of aromatic hydroxyl groups is 1. The maximum Gasteiger partial charge on any atom is 0.342 e. The van der Waals surface area contributed by atoms with Gasteiger partial charge in [-0.3, -0.25) is 4.90 Å². The van der Waals surface area contributed by atoms with E-state index in [1.165, 1.54) is 0 Å². The van der Waals surface area contributed by atoms with E-state index in [1.54, 1.807) is 19.1 Å². The van der Waals surface area contributed by atoms with Gasteiger partial charge in [0.25, 0.3) is 0 Å². The summed E-state index contributed by atoms with van der Waals surface area (Å²) in [7, 11) is 0. The van der Waals surface area contributed by atoms with Gasteiger partial charge in [0.15, 0.2) is 0 Å². The number of benzene rings is 2. The number of hydrogen-bond donors (Lipinski definition) is 1. The van der Waals surface area contributed by atoms with Crippen molar-refractivity contribution < 1.29 is 23.8 Å². The summed E-state index contributed by atoms with van der Waals surface area (Å²) < 4.78 is 16.8. The minimum Gasteiger partial charge on any atom is -0.508 e. The summed E-state index contributed by atoms with van der Waals surface area (Å²) in [6.07, 6.45) is 0. The van der Waals surface area contributed by atoms with Crippen molar-refractivity contribution >= 4 is 29.3 Å². The molecule has 1 aromatic heterocycles. The second kappa shape index (κ2) is 9.31. The third kappa shape index (κ3) is 4.24. The average Bonchev–Trinajstić information content (AvgIpc) is 3.12. The molecule has 29 heavy (non-hydrogen) atoms. The van der Waals surface area contributed by atoms with Crippen LogP contribution in [-0.4, -0.2) is 48.9 Å². The molecule has 1 fully saturated rings. The van der Waals surface area contributed by atoms with E-state index in [0.29, 0.717) is 47.6 Å². The Hall–Kier alpha value is -2.54. The molecule has 7 heteroatoms. The van der Waals surface area contributed by atoms with Gasteiger partial charge >= 0.3 is 5.97 Å². The van der Waals surface area contributed by atoms with E-state index >= 15 is 0 Å². The average molecular weight is 418 g/mol. The molecular formula is C22H24ClNO5. The number of rotatable bonds is 5. The van der Waals surface area contributed by atoms with Crippen LogP contribution >= 0.6 is 12.4 Å². The number of halogens is 1. The molecule has 0 saturated carbocycles. The van der Waals surface area contributed by atoms with Gasteiger partial charge in [-0.2, -0.15) is 0 Å². The molecule has 0 aliphatic carbocycles. The molecule has 1 aliphatic heterocycles. The molecule has 2 heterocycles. The first kappa shape index (κ1) is 21.2. The number of carbonyl (C=O) groups is 1. The lowest BCUT2D eigenvalue weighted by atomic mass is 10.0. The first-order valence-corrected chi connectivity index (χ1v) is 9.49. The van der Waals surface area contributed by atoms with Gasteiger partial charge < -0.3 is 19.0 Å². The highest BCUT2D eigenvalue weighted by molar-refractivity contribution is 6.10. The van der Waals surface area contributed by atoms with Crippen LogP contribution in [0.5, 0.6) is 5.75 Å². The molecule has 0 bridgehead atoms. The molecule has 0 spiro atoms. The number of esters is 1. The number of carbonyl (C=O) groups excluding carboxylic acids is 1. The molecule has 0 atom stereocenters. The molecule has 0 amide bonds. The van der Waals surface area contributed by atoms with Crippen LogP contribution in [0.15, 0.2) is 46.9 Å². The Morgan fingerprint density at radius 3 is 2.55 bits per heavy atom.